The van der Waals surface area contributed by atoms with E-state index in [9.17, 15) is 4.79 Å². The molecule has 5 rings (SSSR count). The number of hydrogen-bond donors (Lipinski definition) is 1. The third-order valence-electron chi connectivity index (χ3n) is 5.63. The summed E-state index contributed by atoms with van der Waals surface area (Å²) in [6.45, 7) is 0.836. The second-order valence-electron chi connectivity index (χ2n) is 6.65. The van der Waals surface area contributed by atoms with Crippen LogP contribution < -0.4 is 0 Å². The number of carbonyl (C=O) groups is 1. The van der Waals surface area contributed by atoms with Crippen molar-refractivity contribution in [1.29, 1.82) is 0 Å². The number of halogens is 1. The molecule has 1 fully saturated rings. The maximum Gasteiger partial charge on any atom is 0.226 e. The van der Waals surface area contributed by atoms with Crippen LogP contribution in [0.15, 0.2) is 35.4 Å². The van der Waals surface area contributed by atoms with Gasteiger partial charge in [-0.1, -0.05) is 35.9 Å². The summed E-state index contributed by atoms with van der Waals surface area (Å²) in [6, 6.07) is 8.63. The molecule has 1 aromatic heterocycles. The molecule has 3 nitrogen and oxygen atoms in total. The zero-order valence-electron chi connectivity index (χ0n) is 12.2. The fourth-order valence-electron chi connectivity index (χ4n) is 4.67. The van der Waals surface area contributed by atoms with E-state index in [0.29, 0.717) is 11.8 Å². The quantitative estimate of drug-likeness (QED) is 0.790. The van der Waals surface area contributed by atoms with Crippen molar-refractivity contribution in [2.24, 2.45) is 11.8 Å². The molecular formula is C18H17ClN2O. The number of rotatable bonds is 0. The van der Waals surface area contributed by atoms with Crippen molar-refractivity contribution < 1.29 is 4.79 Å². The highest BCUT2D eigenvalue weighted by Crippen LogP contribution is 2.51. The van der Waals surface area contributed by atoms with Crippen LogP contribution in [0, 0.1) is 11.8 Å². The van der Waals surface area contributed by atoms with E-state index in [1.807, 2.05) is 6.08 Å². The first-order chi connectivity index (χ1) is 10.7. The van der Waals surface area contributed by atoms with E-state index in [1.54, 1.807) is 0 Å². The van der Waals surface area contributed by atoms with Crippen LogP contribution >= 0.6 is 11.6 Å². The van der Waals surface area contributed by atoms with Crippen LogP contribution in [0.3, 0.4) is 0 Å². The molecule has 1 amide bonds. The number of fused-ring (bicyclic) bond motifs is 7. The summed E-state index contributed by atoms with van der Waals surface area (Å²) < 4.78 is 0. The number of para-hydroxylation sites is 1. The Morgan fingerprint density at radius 2 is 2.14 bits per heavy atom. The lowest BCUT2D eigenvalue weighted by Crippen LogP contribution is -2.35. The summed E-state index contributed by atoms with van der Waals surface area (Å²) in [4.78, 5) is 18.4. The number of benzene rings is 1. The Morgan fingerprint density at radius 1 is 1.27 bits per heavy atom. The lowest BCUT2D eigenvalue weighted by atomic mass is 9.79. The van der Waals surface area contributed by atoms with Crippen LogP contribution in [0.25, 0.3) is 10.9 Å². The topological polar surface area (TPSA) is 36.1 Å². The highest BCUT2D eigenvalue weighted by Gasteiger charge is 2.51. The SMILES string of the molecule is O=C1[C@H]2CC=C(Cl)C[C@@H]2[C@@H]2c3[nH]c4ccccc4c3CCN12. The summed E-state index contributed by atoms with van der Waals surface area (Å²) in [5.41, 5.74) is 3.83. The van der Waals surface area contributed by atoms with Crippen molar-refractivity contribution in [2.45, 2.75) is 25.3 Å². The van der Waals surface area contributed by atoms with Gasteiger partial charge in [0.1, 0.15) is 0 Å². The van der Waals surface area contributed by atoms with Gasteiger partial charge in [-0.25, -0.2) is 0 Å². The van der Waals surface area contributed by atoms with Gasteiger partial charge in [-0.15, -0.1) is 0 Å². The van der Waals surface area contributed by atoms with Crippen molar-refractivity contribution in [1.82, 2.24) is 9.88 Å². The largest absolute Gasteiger partial charge is 0.356 e. The number of nitrogens with zero attached hydrogens (tertiary/aromatic N) is 1. The second-order valence-corrected chi connectivity index (χ2v) is 7.14. The number of nitrogens with one attached hydrogen (secondary N) is 1. The average molecular weight is 313 g/mol. The first-order valence-corrected chi connectivity index (χ1v) is 8.36. The number of allylic oxidation sites excluding steroid dienone is 2. The molecular weight excluding hydrogens is 296 g/mol. The van der Waals surface area contributed by atoms with Crippen LogP contribution in [0.4, 0.5) is 0 Å². The van der Waals surface area contributed by atoms with Gasteiger partial charge in [-0.2, -0.15) is 0 Å². The normalized spacial score (nSPS) is 30.0. The first-order valence-electron chi connectivity index (χ1n) is 7.98. The third kappa shape index (κ3) is 1.55. The van der Waals surface area contributed by atoms with Gasteiger partial charge in [0.25, 0.3) is 0 Å². The molecule has 0 radical (unpaired) electrons. The van der Waals surface area contributed by atoms with Crippen LogP contribution in [0.1, 0.15) is 30.1 Å². The predicted molar refractivity (Wildman–Crippen MR) is 86.6 cm³/mol. The van der Waals surface area contributed by atoms with Gasteiger partial charge in [0, 0.05) is 40.0 Å². The van der Waals surface area contributed by atoms with Gasteiger partial charge in [-0.3, -0.25) is 4.79 Å². The molecule has 0 saturated carbocycles. The smallest absolute Gasteiger partial charge is 0.226 e. The molecule has 22 heavy (non-hydrogen) atoms. The predicted octanol–water partition coefficient (Wildman–Crippen LogP) is 3.76. The highest BCUT2D eigenvalue weighted by atomic mass is 35.5. The molecule has 2 aromatic rings. The zero-order valence-corrected chi connectivity index (χ0v) is 12.9. The Bertz CT molecular complexity index is 822. The zero-order chi connectivity index (χ0) is 14.8. The van der Waals surface area contributed by atoms with Gasteiger partial charge in [0.05, 0.1) is 6.04 Å². The van der Waals surface area contributed by atoms with Crippen LogP contribution in [-0.2, 0) is 11.2 Å². The van der Waals surface area contributed by atoms with Crippen molar-refractivity contribution in [3.63, 3.8) is 0 Å². The Balaban J connectivity index is 1.69. The number of amides is 1. The summed E-state index contributed by atoms with van der Waals surface area (Å²) in [6.07, 6.45) is 4.60. The van der Waals surface area contributed by atoms with Gasteiger partial charge in [0.15, 0.2) is 0 Å². The molecule has 1 N–H and O–H groups in total. The summed E-state index contributed by atoms with van der Waals surface area (Å²) in [5, 5.41) is 2.23. The number of H-pyrrole nitrogens is 1. The minimum Gasteiger partial charge on any atom is -0.356 e. The van der Waals surface area contributed by atoms with E-state index in [4.69, 9.17) is 11.6 Å². The van der Waals surface area contributed by atoms with Crippen LogP contribution in [0.2, 0.25) is 0 Å². The fourth-order valence-corrected chi connectivity index (χ4v) is 4.94. The lowest BCUT2D eigenvalue weighted by molar-refractivity contribution is -0.132. The molecule has 1 aromatic carbocycles. The van der Waals surface area contributed by atoms with Crippen molar-refractivity contribution in [2.75, 3.05) is 6.54 Å². The van der Waals surface area contributed by atoms with Gasteiger partial charge in [-0.05, 0) is 30.9 Å². The lowest BCUT2D eigenvalue weighted by Gasteiger charge is -2.33. The molecule has 3 aliphatic rings. The summed E-state index contributed by atoms with van der Waals surface area (Å²) >= 11 is 6.29. The summed E-state index contributed by atoms with van der Waals surface area (Å²) in [7, 11) is 0. The standard InChI is InChI=1S/C18H17ClN2O/c19-10-5-6-13-14(9-10)17-16-12(7-8-21(17)18(13)22)11-3-1-2-4-15(11)20-16/h1-5,13-14,17,20H,6-9H2/t13-,14-,17+/m0/s1. The number of aromatic amines is 1. The number of aromatic nitrogens is 1. The molecule has 3 heterocycles. The molecule has 1 aliphatic carbocycles. The third-order valence-corrected chi connectivity index (χ3v) is 5.94. The minimum atomic E-state index is 0.116. The van der Waals surface area contributed by atoms with E-state index in [0.717, 1.165) is 30.8 Å². The van der Waals surface area contributed by atoms with Crippen molar-refractivity contribution in [3.8, 4) is 0 Å². The molecule has 0 bridgehead atoms. The number of hydrogen-bond acceptors (Lipinski definition) is 1. The monoisotopic (exact) mass is 312 g/mol. The molecule has 1 saturated heterocycles. The Hall–Kier alpha value is -1.74. The van der Waals surface area contributed by atoms with E-state index < -0.39 is 0 Å². The van der Waals surface area contributed by atoms with E-state index in [2.05, 4.69) is 34.1 Å². The first kappa shape index (κ1) is 12.8. The highest BCUT2D eigenvalue weighted by molar-refractivity contribution is 6.29. The van der Waals surface area contributed by atoms with Gasteiger partial charge < -0.3 is 9.88 Å². The molecule has 3 atom stereocenters. The van der Waals surface area contributed by atoms with Crippen molar-refractivity contribution in [3.05, 3.63) is 46.6 Å². The van der Waals surface area contributed by atoms with Gasteiger partial charge in [0.2, 0.25) is 5.91 Å². The Morgan fingerprint density at radius 3 is 3.05 bits per heavy atom. The molecule has 0 unspecified atom stereocenters. The van der Waals surface area contributed by atoms with Crippen LogP contribution in [0.5, 0.6) is 0 Å². The minimum absolute atomic E-state index is 0.116. The molecule has 112 valence electrons. The Kier molecular flexibility index (Phi) is 2.55. The van der Waals surface area contributed by atoms with E-state index >= 15 is 0 Å². The Labute approximate surface area is 133 Å². The van der Waals surface area contributed by atoms with Gasteiger partial charge >= 0.3 is 0 Å². The fraction of sp³-hybridized carbons (Fsp3) is 0.389. The number of carbonyl (C=O) groups excluding carboxylic acids is 1. The van der Waals surface area contributed by atoms with E-state index in [-0.39, 0.29) is 12.0 Å². The maximum atomic E-state index is 12.7. The molecule has 0 spiro atoms. The summed E-state index contributed by atoms with van der Waals surface area (Å²) in [5.74, 6) is 0.752. The second kappa shape index (κ2) is 4.39. The maximum absolute atomic E-state index is 12.7. The molecule has 2 aliphatic heterocycles. The average Bonchev–Trinajstić information content (AvgIpc) is 3.03. The van der Waals surface area contributed by atoms with Crippen molar-refractivity contribution >= 4 is 28.4 Å². The van der Waals surface area contributed by atoms with E-state index in [1.165, 1.54) is 22.2 Å². The van der Waals surface area contributed by atoms with Crippen LogP contribution in [-0.4, -0.2) is 22.3 Å². The molecule has 4 heteroatoms.